The van der Waals surface area contributed by atoms with Gasteiger partial charge in [0.1, 0.15) is 23.7 Å². The number of likely N-dealkylation sites (tertiary alicyclic amines) is 2. The Morgan fingerprint density at radius 3 is 2.08 bits per heavy atom. The van der Waals surface area contributed by atoms with Crippen LogP contribution in [0, 0.1) is 17.3 Å². The SMILES string of the molecule is CCC1CCC(c2ncc(-c3ccc(-c4ccc5cc(C6CN=C([C@@H]7CC8(CC8)CN7C(=O)[C@@H](NC(=O)OC)C(C)C)N6)ccc5c4)cc3)[nH]2)N1C(=O)[C@@H](NC(=O)OC)C(C)C. The average Bonchev–Trinajstić information content (AvgIpc) is 3.78. The van der Waals surface area contributed by atoms with E-state index in [1.807, 2.05) is 43.7 Å². The number of alkyl carbamates (subject to hydrolysis) is 2. The molecule has 3 fully saturated rings. The molecule has 0 bridgehead atoms. The maximum atomic E-state index is 14.0. The molecule has 4 aliphatic rings. The van der Waals surface area contributed by atoms with E-state index in [0.29, 0.717) is 13.1 Å². The number of hydrogen-bond donors (Lipinski definition) is 4. The van der Waals surface area contributed by atoms with Crippen LogP contribution in [0.3, 0.4) is 0 Å². The number of benzene rings is 3. The van der Waals surface area contributed by atoms with E-state index in [1.165, 1.54) is 14.2 Å². The zero-order valence-electron chi connectivity index (χ0n) is 36.9. The summed E-state index contributed by atoms with van der Waals surface area (Å²) in [6.07, 6.45) is 6.16. The Morgan fingerprint density at radius 2 is 1.44 bits per heavy atom. The summed E-state index contributed by atoms with van der Waals surface area (Å²) in [6, 6.07) is 19.8. The number of carbonyl (C=O) groups excluding carboxylic acids is 4. The first-order valence-electron chi connectivity index (χ1n) is 22.1. The zero-order valence-corrected chi connectivity index (χ0v) is 36.9. The molecule has 4 heterocycles. The third-order valence-corrected chi connectivity index (χ3v) is 13.5. The normalized spacial score (nSPS) is 22.4. The summed E-state index contributed by atoms with van der Waals surface area (Å²) in [6.45, 7) is 11.1. The lowest BCUT2D eigenvalue weighted by Crippen LogP contribution is -2.55. The molecular formula is C48H60N8O6. The Morgan fingerprint density at radius 1 is 0.806 bits per heavy atom. The van der Waals surface area contributed by atoms with Gasteiger partial charge in [-0.2, -0.15) is 0 Å². The minimum atomic E-state index is -0.699. The van der Waals surface area contributed by atoms with Crippen molar-refractivity contribution in [3.63, 3.8) is 0 Å². The Balaban J connectivity index is 0.931. The van der Waals surface area contributed by atoms with Crippen LogP contribution in [0.4, 0.5) is 9.59 Å². The molecular weight excluding hydrogens is 785 g/mol. The van der Waals surface area contributed by atoms with E-state index in [9.17, 15) is 19.2 Å². The second kappa shape index (κ2) is 17.5. The molecule has 4 aromatic rings. The number of H-pyrrole nitrogens is 1. The Kier molecular flexibility index (Phi) is 12.0. The van der Waals surface area contributed by atoms with Gasteiger partial charge in [0.2, 0.25) is 11.8 Å². The highest BCUT2D eigenvalue weighted by atomic mass is 16.5. The van der Waals surface area contributed by atoms with Crippen molar-refractivity contribution < 1.29 is 28.7 Å². The first-order chi connectivity index (χ1) is 29.8. The Hall–Kier alpha value is -5.92. The number of hydrogen-bond acceptors (Lipinski definition) is 9. The highest BCUT2D eigenvalue weighted by Crippen LogP contribution is 2.55. The summed E-state index contributed by atoms with van der Waals surface area (Å²) in [5.41, 5.74) is 5.36. The van der Waals surface area contributed by atoms with E-state index < -0.39 is 24.3 Å². The maximum absolute atomic E-state index is 14.0. The summed E-state index contributed by atoms with van der Waals surface area (Å²) in [4.78, 5) is 69.2. The highest BCUT2D eigenvalue weighted by molar-refractivity contribution is 5.96. The number of aliphatic imine (C=N–C) groups is 1. The molecule has 14 heteroatoms. The number of amides is 4. The van der Waals surface area contributed by atoms with Crippen molar-refractivity contribution in [1.82, 2.24) is 35.7 Å². The van der Waals surface area contributed by atoms with Gasteiger partial charge in [0.15, 0.2) is 0 Å². The first kappa shape index (κ1) is 42.8. The molecule has 4 N–H and O–H groups in total. The van der Waals surface area contributed by atoms with Gasteiger partial charge in [-0.1, -0.05) is 83.1 Å². The minimum absolute atomic E-state index is 0.00255. The molecule has 6 atom stereocenters. The van der Waals surface area contributed by atoms with E-state index in [0.717, 1.165) is 88.9 Å². The number of rotatable bonds is 12. The Bertz CT molecular complexity index is 2350. The molecule has 8 rings (SSSR count). The zero-order chi connectivity index (χ0) is 43.9. The van der Waals surface area contributed by atoms with Crippen molar-refractivity contribution in [1.29, 1.82) is 0 Å². The number of ether oxygens (including phenoxy) is 2. The van der Waals surface area contributed by atoms with E-state index in [-0.39, 0.29) is 53.2 Å². The predicted molar refractivity (Wildman–Crippen MR) is 238 cm³/mol. The van der Waals surface area contributed by atoms with Gasteiger partial charge in [-0.25, -0.2) is 14.6 Å². The molecule has 2 saturated heterocycles. The van der Waals surface area contributed by atoms with Crippen molar-refractivity contribution in [2.75, 3.05) is 27.3 Å². The summed E-state index contributed by atoms with van der Waals surface area (Å²) < 4.78 is 9.65. The van der Waals surface area contributed by atoms with E-state index in [2.05, 4.69) is 88.5 Å². The smallest absolute Gasteiger partial charge is 0.407 e. The third kappa shape index (κ3) is 8.48. The molecule has 3 aromatic carbocycles. The number of nitrogens with one attached hydrogen (secondary N) is 4. The van der Waals surface area contributed by atoms with Gasteiger partial charge in [0.05, 0.1) is 50.8 Å². The van der Waals surface area contributed by atoms with Gasteiger partial charge in [-0.05, 0) is 101 Å². The number of methoxy groups -OCH3 is 2. The molecule has 1 aromatic heterocycles. The number of carbonyl (C=O) groups is 4. The molecule has 62 heavy (non-hydrogen) atoms. The number of aromatic nitrogens is 2. The van der Waals surface area contributed by atoms with E-state index >= 15 is 0 Å². The second-order valence-corrected chi connectivity index (χ2v) is 18.3. The third-order valence-electron chi connectivity index (χ3n) is 13.5. The van der Waals surface area contributed by atoms with Gasteiger partial charge in [0.25, 0.3) is 0 Å². The van der Waals surface area contributed by atoms with Crippen molar-refractivity contribution in [2.45, 2.75) is 109 Å². The fourth-order valence-electron chi connectivity index (χ4n) is 9.70. The molecule has 1 spiro atoms. The number of amidine groups is 1. The maximum Gasteiger partial charge on any atom is 0.407 e. The molecule has 0 radical (unpaired) electrons. The van der Waals surface area contributed by atoms with Crippen molar-refractivity contribution in [2.24, 2.45) is 22.2 Å². The van der Waals surface area contributed by atoms with Gasteiger partial charge in [-0.15, -0.1) is 0 Å². The van der Waals surface area contributed by atoms with Gasteiger partial charge in [-0.3, -0.25) is 14.6 Å². The van der Waals surface area contributed by atoms with Crippen LogP contribution in [0.25, 0.3) is 33.2 Å². The molecule has 1 saturated carbocycles. The quantitative estimate of drug-likeness (QED) is 0.114. The Labute approximate surface area is 363 Å². The number of nitrogens with zero attached hydrogens (tertiary/aromatic N) is 4. The average molecular weight is 845 g/mol. The number of aromatic amines is 1. The van der Waals surface area contributed by atoms with Crippen molar-refractivity contribution in [3.8, 4) is 22.4 Å². The van der Waals surface area contributed by atoms with Crippen LogP contribution in [0.5, 0.6) is 0 Å². The molecule has 328 valence electrons. The summed E-state index contributed by atoms with van der Waals surface area (Å²) in [5, 5.41) is 11.5. The van der Waals surface area contributed by atoms with Crippen LogP contribution >= 0.6 is 0 Å². The molecule has 1 aliphatic carbocycles. The van der Waals surface area contributed by atoms with E-state index in [4.69, 9.17) is 19.5 Å². The fraction of sp³-hybridized carbons (Fsp3) is 0.500. The highest BCUT2D eigenvalue weighted by Gasteiger charge is 2.56. The molecule has 3 aliphatic heterocycles. The fourth-order valence-corrected chi connectivity index (χ4v) is 9.70. The minimum Gasteiger partial charge on any atom is -0.453 e. The van der Waals surface area contributed by atoms with Crippen molar-refractivity contribution in [3.05, 3.63) is 78.2 Å². The van der Waals surface area contributed by atoms with Crippen molar-refractivity contribution >= 4 is 40.6 Å². The van der Waals surface area contributed by atoms with Gasteiger partial charge in [0, 0.05) is 12.6 Å². The summed E-state index contributed by atoms with van der Waals surface area (Å²) in [5.74, 6) is 1.18. The monoisotopic (exact) mass is 844 g/mol. The summed E-state index contributed by atoms with van der Waals surface area (Å²) in [7, 11) is 2.62. The second-order valence-electron chi connectivity index (χ2n) is 18.3. The van der Waals surface area contributed by atoms with Crippen LogP contribution in [0.1, 0.15) is 96.6 Å². The van der Waals surface area contributed by atoms with Crippen LogP contribution < -0.4 is 16.0 Å². The molecule has 3 unspecified atom stereocenters. The summed E-state index contributed by atoms with van der Waals surface area (Å²) >= 11 is 0. The first-order valence-corrected chi connectivity index (χ1v) is 22.1. The topological polar surface area (TPSA) is 170 Å². The van der Waals surface area contributed by atoms with Crippen LogP contribution in [-0.4, -0.2) is 101 Å². The van der Waals surface area contributed by atoms with Crippen LogP contribution in [0.15, 0.2) is 71.9 Å². The number of fused-ring (bicyclic) bond motifs is 1. The lowest BCUT2D eigenvalue weighted by atomic mass is 9.97. The lowest BCUT2D eigenvalue weighted by Gasteiger charge is -2.34. The van der Waals surface area contributed by atoms with Crippen LogP contribution in [-0.2, 0) is 19.1 Å². The van der Waals surface area contributed by atoms with E-state index in [1.54, 1.807) is 0 Å². The number of imidazole rings is 1. The van der Waals surface area contributed by atoms with Gasteiger partial charge >= 0.3 is 12.2 Å². The standard InChI is InChI=1S/C48H60N8O6/c1-8-35-17-18-38(56(35)45(58)41(28(4)5)54-47(60)62-7)42-49-24-36(51-42)30-11-9-29(10-12-30)31-13-14-33-22-34(16-15-32(33)21-31)37-25-50-43(52-37)39-23-48(19-20-48)26-55(39)44(57)40(27(2)3)53-46(59)61-6/h9-16,21-22,24,27-28,35,37-41H,8,17-20,23,25-26H2,1-7H3,(H,49,51)(H,50,52)(H,53,59)(H,54,60)/t35?,37?,38?,39-,40-,41-/m0/s1. The molecule has 4 amide bonds. The largest absolute Gasteiger partial charge is 0.453 e. The van der Waals surface area contributed by atoms with Gasteiger partial charge < -0.3 is 40.2 Å². The molecule has 14 nitrogen and oxygen atoms in total. The van der Waals surface area contributed by atoms with Crippen LogP contribution in [0.2, 0.25) is 0 Å². The lowest BCUT2D eigenvalue weighted by molar-refractivity contribution is -0.138. The predicted octanol–water partition coefficient (Wildman–Crippen LogP) is 7.52.